The van der Waals surface area contributed by atoms with E-state index >= 15 is 0 Å². The van der Waals surface area contributed by atoms with Crippen LogP contribution in [0, 0.1) is 0 Å². The molecule has 0 radical (unpaired) electrons. The molecule has 0 unspecified atom stereocenters. The Labute approximate surface area is 188 Å². The van der Waals surface area contributed by atoms with Crippen LogP contribution in [0.5, 0.6) is 5.75 Å². The maximum absolute atomic E-state index is 12.8. The molecule has 2 fully saturated rings. The number of amides is 1. The van der Waals surface area contributed by atoms with E-state index in [-0.39, 0.29) is 6.09 Å². The highest BCUT2D eigenvalue weighted by Crippen LogP contribution is 2.32. The van der Waals surface area contributed by atoms with Crippen molar-refractivity contribution < 1.29 is 14.3 Å². The second-order valence-corrected chi connectivity index (χ2v) is 8.07. The number of hydrogen-bond donors (Lipinski definition) is 2. The molecule has 32 heavy (non-hydrogen) atoms. The topological polar surface area (TPSA) is 119 Å². The zero-order chi connectivity index (χ0) is 22.3. The molecule has 0 saturated carbocycles. The molecule has 9 heteroatoms. The zero-order valence-electron chi connectivity index (χ0n) is 18.2. The van der Waals surface area contributed by atoms with E-state index < -0.39 is 0 Å². The van der Waals surface area contributed by atoms with Crippen LogP contribution in [0.2, 0.25) is 0 Å². The van der Waals surface area contributed by atoms with E-state index in [1.807, 2.05) is 6.07 Å². The van der Waals surface area contributed by atoms with E-state index in [1.54, 1.807) is 41.3 Å². The van der Waals surface area contributed by atoms with Gasteiger partial charge in [-0.3, -0.25) is 4.90 Å². The maximum atomic E-state index is 12.8. The van der Waals surface area contributed by atoms with Crippen LogP contribution >= 0.6 is 0 Å². The van der Waals surface area contributed by atoms with E-state index in [0.717, 1.165) is 45.6 Å². The van der Waals surface area contributed by atoms with Gasteiger partial charge in [-0.25, -0.2) is 4.79 Å². The monoisotopic (exact) mass is 438 g/mol. The minimum absolute atomic E-state index is 0.363. The van der Waals surface area contributed by atoms with Crippen molar-refractivity contribution in [2.75, 3.05) is 50.9 Å². The van der Waals surface area contributed by atoms with Crippen LogP contribution < -0.4 is 16.2 Å². The lowest BCUT2D eigenvalue weighted by Crippen LogP contribution is -2.48. The Balaban J connectivity index is 1.36. The molecule has 2 aromatic rings. The summed E-state index contributed by atoms with van der Waals surface area (Å²) < 4.78 is 11.2. The van der Waals surface area contributed by atoms with Crippen molar-refractivity contribution in [3.8, 4) is 5.75 Å². The van der Waals surface area contributed by atoms with Gasteiger partial charge in [0.05, 0.1) is 12.3 Å². The Kier molecular flexibility index (Phi) is 7.18. The summed E-state index contributed by atoms with van der Waals surface area (Å²) in [5.74, 6) is 0.363. The maximum Gasteiger partial charge on any atom is 0.415 e. The number of nitrogen functional groups attached to an aromatic ring is 2. The van der Waals surface area contributed by atoms with Crippen LogP contribution in [0.15, 0.2) is 52.7 Å². The number of nitrogens with zero attached hydrogens (tertiary/aromatic N) is 4. The third-order valence-corrected chi connectivity index (χ3v) is 5.88. The molecular formula is C23H30N6O3. The smallest absolute Gasteiger partial charge is 0.408 e. The molecule has 2 heterocycles. The second-order valence-electron chi connectivity index (χ2n) is 8.07. The summed E-state index contributed by atoms with van der Waals surface area (Å²) in [5.41, 5.74) is 13.6. The van der Waals surface area contributed by atoms with Crippen molar-refractivity contribution in [1.82, 2.24) is 9.80 Å². The molecular weight excluding hydrogens is 408 g/mol. The largest absolute Gasteiger partial charge is 0.415 e. The van der Waals surface area contributed by atoms with Gasteiger partial charge < -0.3 is 25.8 Å². The molecule has 0 aliphatic carbocycles. The van der Waals surface area contributed by atoms with E-state index in [1.165, 1.54) is 0 Å². The molecule has 0 aromatic heterocycles. The average Bonchev–Trinajstić information content (AvgIpc) is 3.09. The molecule has 9 nitrogen and oxygen atoms in total. The molecule has 0 spiro atoms. The van der Waals surface area contributed by atoms with Crippen LogP contribution in [0.25, 0.3) is 0 Å². The molecule has 2 aromatic carbocycles. The first kappa shape index (κ1) is 22.0. The molecule has 2 aliphatic heterocycles. The van der Waals surface area contributed by atoms with Crippen LogP contribution in [0.4, 0.5) is 27.5 Å². The van der Waals surface area contributed by atoms with E-state index in [9.17, 15) is 4.79 Å². The van der Waals surface area contributed by atoms with Gasteiger partial charge in [0.15, 0.2) is 5.75 Å². The quantitative estimate of drug-likeness (QED) is 0.551. The highest BCUT2D eigenvalue weighted by atomic mass is 16.6. The predicted molar refractivity (Wildman–Crippen MR) is 124 cm³/mol. The molecule has 170 valence electrons. The summed E-state index contributed by atoms with van der Waals surface area (Å²) in [6, 6.07) is 12.6. The minimum Gasteiger partial charge on any atom is -0.408 e. The number of rotatable bonds is 4. The van der Waals surface area contributed by atoms with Gasteiger partial charge in [0.2, 0.25) is 0 Å². The number of nitrogens with two attached hydrogens (primary N) is 2. The van der Waals surface area contributed by atoms with E-state index in [2.05, 4.69) is 15.1 Å². The zero-order valence-corrected chi connectivity index (χ0v) is 18.2. The molecule has 0 atom stereocenters. The highest BCUT2D eigenvalue weighted by molar-refractivity contribution is 5.73. The Morgan fingerprint density at radius 3 is 2.56 bits per heavy atom. The van der Waals surface area contributed by atoms with Crippen LogP contribution in [-0.4, -0.2) is 61.3 Å². The van der Waals surface area contributed by atoms with Crippen molar-refractivity contribution in [2.24, 2.45) is 10.2 Å². The second kappa shape index (κ2) is 10.4. The summed E-state index contributed by atoms with van der Waals surface area (Å²) in [4.78, 5) is 17.0. The lowest BCUT2D eigenvalue weighted by Gasteiger charge is -2.37. The van der Waals surface area contributed by atoms with Crippen molar-refractivity contribution in [3.63, 3.8) is 0 Å². The van der Waals surface area contributed by atoms with Gasteiger partial charge in [0.25, 0.3) is 0 Å². The van der Waals surface area contributed by atoms with Crippen molar-refractivity contribution in [3.05, 3.63) is 42.5 Å². The number of piperidine rings is 1. The number of carbonyl (C=O) groups is 1. The fraction of sp³-hybridized carbons (Fsp3) is 0.435. The summed E-state index contributed by atoms with van der Waals surface area (Å²) in [5, 5.41) is 8.43. The summed E-state index contributed by atoms with van der Waals surface area (Å²) in [6.07, 6.45) is 2.58. The normalized spacial score (nSPS) is 18.6. The van der Waals surface area contributed by atoms with Gasteiger partial charge in [0, 0.05) is 44.5 Å². The van der Waals surface area contributed by atoms with Crippen LogP contribution in [0.1, 0.15) is 19.3 Å². The SMILES string of the molecule is Nc1ccc(N=Nc2ccccc2OC(=O)N2CCC(N3CCCOCC3)CC2)c(N)c1. The fourth-order valence-electron chi connectivity index (χ4n) is 4.10. The first-order valence-electron chi connectivity index (χ1n) is 11.0. The first-order valence-corrected chi connectivity index (χ1v) is 11.0. The Morgan fingerprint density at radius 2 is 1.75 bits per heavy atom. The van der Waals surface area contributed by atoms with Crippen LogP contribution in [0.3, 0.4) is 0 Å². The number of azo groups is 1. The lowest BCUT2D eigenvalue weighted by atomic mass is 10.0. The van der Waals surface area contributed by atoms with Gasteiger partial charge in [-0.15, -0.1) is 10.2 Å². The number of anilines is 2. The fourth-order valence-corrected chi connectivity index (χ4v) is 4.10. The van der Waals surface area contributed by atoms with E-state index in [0.29, 0.717) is 47.6 Å². The van der Waals surface area contributed by atoms with Crippen molar-refractivity contribution in [1.29, 1.82) is 0 Å². The number of hydrogen-bond acceptors (Lipinski definition) is 8. The van der Waals surface area contributed by atoms with E-state index in [4.69, 9.17) is 20.9 Å². The minimum atomic E-state index is -0.364. The van der Waals surface area contributed by atoms with Gasteiger partial charge in [-0.05, 0) is 49.6 Å². The van der Waals surface area contributed by atoms with Gasteiger partial charge >= 0.3 is 6.09 Å². The van der Waals surface area contributed by atoms with Gasteiger partial charge in [0.1, 0.15) is 11.4 Å². The average molecular weight is 439 g/mol. The predicted octanol–water partition coefficient (Wildman–Crippen LogP) is 3.95. The van der Waals surface area contributed by atoms with Crippen molar-refractivity contribution >= 4 is 28.8 Å². The first-order chi connectivity index (χ1) is 15.6. The molecule has 2 aliphatic rings. The molecule has 0 bridgehead atoms. The number of benzene rings is 2. The van der Waals surface area contributed by atoms with Crippen LogP contribution in [-0.2, 0) is 4.74 Å². The summed E-state index contributed by atoms with van der Waals surface area (Å²) >= 11 is 0. The summed E-state index contributed by atoms with van der Waals surface area (Å²) in [7, 11) is 0. The number of para-hydroxylation sites is 1. The highest BCUT2D eigenvalue weighted by Gasteiger charge is 2.28. The summed E-state index contributed by atoms with van der Waals surface area (Å²) in [6.45, 7) is 5.00. The van der Waals surface area contributed by atoms with Gasteiger partial charge in [-0.2, -0.15) is 0 Å². The third kappa shape index (κ3) is 5.54. The molecule has 4 N–H and O–H groups in total. The Bertz CT molecular complexity index is 950. The molecule has 2 saturated heterocycles. The third-order valence-electron chi connectivity index (χ3n) is 5.88. The van der Waals surface area contributed by atoms with Gasteiger partial charge in [-0.1, -0.05) is 12.1 Å². The standard InChI is InChI=1S/C23H30N6O3/c24-17-6-7-20(19(25)16-17)26-27-21-4-1-2-5-22(21)32-23(30)29-11-8-18(9-12-29)28-10-3-14-31-15-13-28/h1-2,4-7,16,18H,3,8-15,24-25H2. The Morgan fingerprint density at radius 1 is 0.969 bits per heavy atom. The number of ether oxygens (including phenoxy) is 2. The number of likely N-dealkylation sites (tertiary alicyclic amines) is 1. The number of carbonyl (C=O) groups excluding carboxylic acids is 1. The molecule has 1 amide bonds. The van der Waals surface area contributed by atoms with Crippen molar-refractivity contribution in [2.45, 2.75) is 25.3 Å². The Hall–Kier alpha value is -3.17. The lowest BCUT2D eigenvalue weighted by molar-refractivity contribution is 0.0917. The molecule has 4 rings (SSSR count).